The highest BCUT2D eigenvalue weighted by Gasteiger charge is 2.35. The fourth-order valence-electron chi connectivity index (χ4n) is 2.61. The maximum atomic E-state index is 13.0. The van der Waals surface area contributed by atoms with Crippen LogP contribution in [-0.4, -0.2) is 43.7 Å². The number of carbonyl (C=O) groups excluding carboxylic acids is 1. The SMILES string of the molecule is CO[C@H]1CN[C@@H](C(=O)N(C)Cc2ccccc2C(F)(F)F)C1. The lowest BCUT2D eigenvalue weighted by atomic mass is 10.1. The number of rotatable bonds is 4. The lowest BCUT2D eigenvalue weighted by molar-refractivity contribution is -0.139. The van der Waals surface area contributed by atoms with E-state index in [4.69, 9.17) is 4.74 Å². The molecule has 1 aromatic rings. The van der Waals surface area contributed by atoms with E-state index in [9.17, 15) is 18.0 Å². The van der Waals surface area contributed by atoms with Crippen LogP contribution in [0.25, 0.3) is 0 Å². The largest absolute Gasteiger partial charge is 0.416 e. The Labute approximate surface area is 127 Å². The summed E-state index contributed by atoms with van der Waals surface area (Å²) in [5.41, 5.74) is -0.615. The molecule has 1 amide bonds. The van der Waals surface area contributed by atoms with Crippen LogP contribution in [0.3, 0.4) is 0 Å². The van der Waals surface area contributed by atoms with E-state index >= 15 is 0 Å². The van der Waals surface area contributed by atoms with Crippen LogP contribution in [-0.2, 0) is 22.3 Å². The summed E-state index contributed by atoms with van der Waals surface area (Å²) in [7, 11) is 3.08. The Morgan fingerprint density at radius 3 is 2.68 bits per heavy atom. The summed E-state index contributed by atoms with van der Waals surface area (Å²) >= 11 is 0. The molecule has 0 aromatic heterocycles. The minimum atomic E-state index is -4.42. The lowest BCUT2D eigenvalue weighted by Gasteiger charge is -2.23. The fraction of sp³-hybridized carbons (Fsp3) is 0.533. The van der Waals surface area contributed by atoms with Gasteiger partial charge in [0.15, 0.2) is 0 Å². The van der Waals surface area contributed by atoms with Crippen molar-refractivity contribution in [3.8, 4) is 0 Å². The predicted octanol–water partition coefficient (Wildman–Crippen LogP) is 2.04. The third-order valence-electron chi connectivity index (χ3n) is 3.83. The van der Waals surface area contributed by atoms with Gasteiger partial charge in [0.2, 0.25) is 5.91 Å². The number of carbonyl (C=O) groups is 1. The van der Waals surface area contributed by atoms with Crippen LogP contribution in [0.5, 0.6) is 0 Å². The monoisotopic (exact) mass is 316 g/mol. The minimum absolute atomic E-state index is 0.0372. The van der Waals surface area contributed by atoms with E-state index in [2.05, 4.69) is 5.32 Å². The molecule has 0 bridgehead atoms. The van der Waals surface area contributed by atoms with Gasteiger partial charge in [0.25, 0.3) is 0 Å². The molecule has 7 heteroatoms. The van der Waals surface area contributed by atoms with Crippen molar-refractivity contribution in [2.24, 2.45) is 0 Å². The van der Waals surface area contributed by atoms with Crippen LogP contribution in [0.1, 0.15) is 17.5 Å². The standard InChI is InChI=1S/C15H19F3N2O2/c1-20(14(21)13-7-11(22-2)8-19-13)9-10-5-3-4-6-12(10)15(16,17)18/h3-6,11,13,19H,7-9H2,1-2H3/t11-,13-/m1/s1. The van der Waals surface area contributed by atoms with E-state index < -0.39 is 17.8 Å². The molecule has 1 aromatic carbocycles. The quantitative estimate of drug-likeness (QED) is 0.924. The molecule has 4 nitrogen and oxygen atoms in total. The van der Waals surface area contributed by atoms with Gasteiger partial charge < -0.3 is 15.0 Å². The van der Waals surface area contributed by atoms with E-state index in [1.165, 1.54) is 30.1 Å². The molecule has 2 rings (SSSR count). The number of hydrogen-bond acceptors (Lipinski definition) is 3. The Hall–Kier alpha value is -1.60. The normalized spacial score (nSPS) is 21.9. The minimum Gasteiger partial charge on any atom is -0.380 e. The Kier molecular flexibility index (Phi) is 5.08. The topological polar surface area (TPSA) is 41.6 Å². The molecular formula is C15H19F3N2O2. The number of benzene rings is 1. The molecule has 0 radical (unpaired) electrons. The van der Waals surface area contributed by atoms with Gasteiger partial charge >= 0.3 is 6.18 Å². The third-order valence-corrected chi connectivity index (χ3v) is 3.83. The maximum Gasteiger partial charge on any atom is 0.416 e. The van der Waals surface area contributed by atoms with Crippen molar-refractivity contribution in [3.05, 3.63) is 35.4 Å². The molecule has 1 saturated heterocycles. The number of methoxy groups -OCH3 is 1. The summed E-state index contributed by atoms with van der Waals surface area (Å²) in [4.78, 5) is 13.6. The summed E-state index contributed by atoms with van der Waals surface area (Å²) in [5, 5.41) is 3.03. The predicted molar refractivity (Wildman–Crippen MR) is 75.1 cm³/mol. The zero-order chi connectivity index (χ0) is 16.3. The van der Waals surface area contributed by atoms with E-state index in [1.54, 1.807) is 7.11 Å². The van der Waals surface area contributed by atoms with Crippen molar-refractivity contribution >= 4 is 5.91 Å². The van der Waals surface area contributed by atoms with Crippen molar-refractivity contribution in [3.63, 3.8) is 0 Å². The van der Waals surface area contributed by atoms with Gasteiger partial charge in [0.1, 0.15) is 0 Å². The highest BCUT2D eigenvalue weighted by atomic mass is 19.4. The van der Waals surface area contributed by atoms with Gasteiger partial charge in [0, 0.05) is 27.2 Å². The molecule has 1 aliphatic heterocycles. The van der Waals surface area contributed by atoms with Gasteiger partial charge in [-0.25, -0.2) is 0 Å². The Morgan fingerprint density at radius 2 is 2.09 bits per heavy atom. The number of likely N-dealkylation sites (N-methyl/N-ethyl adjacent to an activating group) is 1. The third kappa shape index (κ3) is 3.78. The first-order valence-electron chi connectivity index (χ1n) is 6.99. The number of alkyl halides is 3. The van der Waals surface area contributed by atoms with Gasteiger partial charge in [-0.2, -0.15) is 13.2 Å². The van der Waals surface area contributed by atoms with Crippen LogP contribution in [0.2, 0.25) is 0 Å². The van der Waals surface area contributed by atoms with Gasteiger partial charge in [0.05, 0.1) is 17.7 Å². The summed E-state index contributed by atoms with van der Waals surface area (Å²) in [6, 6.07) is 4.90. The van der Waals surface area contributed by atoms with Crippen molar-refractivity contribution in [2.75, 3.05) is 20.7 Å². The first-order chi connectivity index (χ1) is 10.3. The summed E-state index contributed by atoms with van der Waals surface area (Å²) in [6.45, 7) is 0.490. The first-order valence-corrected chi connectivity index (χ1v) is 6.99. The van der Waals surface area contributed by atoms with Crippen LogP contribution in [0.4, 0.5) is 13.2 Å². The smallest absolute Gasteiger partial charge is 0.380 e. The molecule has 0 saturated carbocycles. The summed E-state index contributed by atoms with van der Waals surface area (Å²) < 4.78 is 44.1. The number of nitrogens with zero attached hydrogens (tertiary/aromatic N) is 1. The number of halogens is 3. The second-order valence-electron chi connectivity index (χ2n) is 5.40. The highest BCUT2D eigenvalue weighted by Crippen LogP contribution is 2.32. The van der Waals surface area contributed by atoms with Crippen molar-refractivity contribution < 1.29 is 22.7 Å². The Morgan fingerprint density at radius 1 is 1.41 bits per heavy atom. The summed E-state index contributed by atoms with van der Waals surface area (Å²) in [6.07, 6.45) is -3.93. The van der Waals surface area contributed by atoms with Crippen LogP contribution in [0, 0.1) is 0 Å². The van der Waals surface area contributed by atoms with Gasteiger partial charge in [-0.3, -0.25) is 4.79 Å². The van der Waals surface area contributed by atoms with Crippen LogP contribution in [0.15, 0.2) is 24.3 Å². The second kappa shape index (κ2) is 6.66. The number of hydrogen-bond donors (Lipinski definition) is 1. The van der Waals surface area contributed by atoms with Gasteiger partial charge in [-0.1, -0.05) is 18.2 Å². The lowest BCUT2D eigenvalue weighted by Crippen LogP contribution is -2.41. The van der Waals surface area contributed by atoms with Gasteiger partial charge in [-0.15, -0.1) is 0 Å². The molecule has 1 aliphatic rings. The van der Waals surface area contributed by atoms with Gasteiger partial charge in [-0.05, 0) is 18.1 Å². The van der Waals surface area contributed by atoms with E-state index in [1.807, 2.05) is 0 Å². The molecule has 0 aliphatic carbocycles. The van der Waals surface area contributed by atoms with Crippen LogP contribution >= 0.6 is 0 Å². The number of amides is 1. The Balaban J connectivity index is 2.06. The zero-order valence-corrected chi connectivity index (χ0v) is 12.5. The number of nitrogens with one attached hydrogen (secondary N) is 1. The average molecular weight is 316 g/mol. The second-order valence-corrected chi connectivity index (χ2v) is 5.40. The molecule has 122 valence electrons. The molecule has 2 atom stereocenters. The summed E-state index contributed by atoms with van der Waals surface area (Å²) in [5.74, 6) is -0.225. The highest BCUT2D eigenvalue weighted by molar-refractivity contribution is 5.82. The molecule has 1 heterocycles. The maximum absolute atomic E-state index is 13.0. The van der Waals surface area contributed by atoms with E-state index in [0.29, 0.717) is 13.0 Å². The first kappa shape index (κ1) is 16.8. The molecule has 0 spiro atoms. The average Bonchev–Trinajstić information content (AvgIpc) is 2.94. The van der Waals surface area contributed by atoms with Crippen molar-refractivity contribution in [1.82, 2.24) is 10.2 Å². The number of ether oxygens (including phenoxy) is 1. The van der Waals surface area contributed by atoms with Crippen molar-refractivity contribution in [2.45, 2.75) is 31.3 Å². The molecule has 1 fully saturated rings. The fourth-order valence-corrected chi connectivity index (χ4v) is 2.61. The zero-order valence-electron chi connectivity index (χ0n) is 12.5. The van der Waals surface area contributed by atoms with E-state index in [0.717, 1.165) is 6.07 Å². The molecular weight excluding hydrogens is 297 g/mol. The van der Waals surface area contributed by atoms with Crippen molar-refractivity contribution in [1.29, 1.82) is 0 Å². The van der Waals surface area contributed by atoms with Crippen LogP contribution < -0.4 is 5.32 Å². The Bertz CT molecular complexity index is 534. The molecule has 0 unspecified atom stereocenters. The molecule has 22 heavy (non-hydrogen) atoms. The molecule has 1 N–H and O–H groups in total. The van der Waals surface area contributed by atoms with E-state index in [-0.39, 0.29) is 24.1 Å².